The van der Waals surface area contributed by atoms with E-state index in [0.717, 1.165) is 6.42 Å². The largest absolute Gasteiger partial charge is 0.480 e. The number of aliphatic carboxylic acids is 1. The lowest BCUT2D eigenvalue weighted by molar-refractivity contribution is -0.135. The molecule has 1 rings (SSSR count). The Balaban J connectivity index is 2.73. The zero-order valence-corrected chi connectivity index (χ0v) is 10.6. The predicted octanol–water partition coefficient (Wildman–Crippen LogP) is 0.641. The Labute approximate surface area is 110 Å². The number of rotatable bonds is 6. The summed E-state index contributed by atoms with van der Waals surface area (Å²) in [6.07, 6.45) is 0.824. The van der Waals surface area contributed by atoms with Crippen LogP contribution in [0.2, 0.25) is 0 Å². The molecule has 0 atom stereocenters. The molecular weight excluding hydrogens is 248 g/mol. The molecule has 0 aliphatic heterocycles. The van der Waals surface area contributed by atoms with Crippen molar-refractivity contribution in [3.8, 4) is 0 Å². The highest BCUT2D eigenvalue weighted by Crippen LogP contribution is 2.05. The Kier molecular flexibility index (Phi) is 5.53. The standard InChI is InChI=1S/C13H16N2O4/c1-2-6-14-12(18)9-4-3-5-10(7-9)13(19)15-8-11(16)17/h3-5,7H,2,6,8H2,1H3,(H,14,18)(H,15,19)(H,16,17). The molecule has 19 heavy (non-hydrogen) atoms. The van der Waals surface area contributed by atoms with Crippen LogP contribution >= 0.6 is 0 Å². The normalized spacial score (nSPS) is 9.74. The Hall–Kier alpha value is -2.37. The summed E-state index contributed by atoms with van der Waals surface area (Å²) in [6, 6.07) is 6.13. The summed E-state index contributed by atoms with van der Waals surface area (Å²) < 4.78 is 0. The van der Waals surface area contributed by atoms with Crippen LogP contribution in [0.5, 0.6) is 0 Å². The zero-order valence-electron chi connectivity index (χ0n) is 10.6. The fourth-order valence-corrected chi connectivity index (χ4v) is 1.40. The van der Waals surface area contributed by atoms with Crippen LogP contribution in [0.4, 0.5) is 0 Å². The van der Waals surface area contributed by atoms with Crippen LogP contribution in [0.3, 0.4) is 0 Å². The van der Waals surface area contributed by atoms with Gasteiger partial charge < -0.3 is 15.7 Å². The van der Waals surface area contributed by atoms with Crippen molar-refractivity contribution in [3.63, 3.8) is 0 Å². The molecule has 2 amide bonds. The first-order valence-corrected chi connectivity index (χ1v) is 5.93. The second kappa shape index (κ2) is 7.15. The predicted molar refractivity (Wildman–Crippen MR) is 69.0 cm³/mol. The summed E-state index contributed by atoms with van der Waals surface area (Å²) in [5.74, 6) is -1.90. The van der Waals surface area contributed by atoms with Crippen LogP contribution in [-0.2, 0) is 4.79 Å². The van der Waals surface area contributed by atoms with Gasteiger partial charge in [-0.05, 0) is 24.6 Å². The van der Waals surface area contributed by atoms with Crippen LogP contribution in [0, 0.1) is 0 Å². The van der Waals surface area contributed by atoms with Crippen molar-refractivity contribution in [1.82, 2.24) is 10.6 Å². The number of hydrogen-bond acceptors (Lipinski definition) is 3. The minimum atomic E-state index is -1.12. The minimum absolute atomic E-state index is 0.255. The van der Waals surface area contributed by atoms with E-state index in [0.29, 0.717) is 12.1 Å². The highest BCUT2D eigenvalue weighted by atomic mass is 16.4. The average Bonchev–Trinajstić information content (AvgIpc) is 2.42. The first kappa shape index (κ1) is 14.7. The topological polar surface area (TPSA) is 95.5 Å². The molecule has 1 aromatic rings. The maximum absolute atomic E-state index is 11.7. The molecule has 0 fully saturated rings. The number of carboxylic acid groups (broad SMARTS) is 1. The first-order valence-electron chi connectivity index (χ1n) is 5.93. The summed E-state index contributed by atoms with van der Waals surface area (Å²) in [5, 5.41) is 13.4. The maximum atomic E-state index is 11.7. The summed E-state index contributed by atoms with van der Waals surface area (Å²) in [5.41, 5.74) is 0.627. The van der Waals surface area contributed by atoms with Crippen molar-refractivity contribution in [1.29, 1.82) is 0 Å². The number of hydrogen-bond donors (Lipinski definition) is 3. The monoisotopic (exact) mass is 264 g/mol. The van der Waals surface area contributed by atoms with E-state index in [1.807, 2.05) is 6.92 Å². The number of benzene rings is 1. The lowest BCUT2D eigenvalue weighted by atomic mass is 10.1. The van der Waals surface area contributed by atoms with Crippen molar-refractivity contribution in [3.05, 3.63) is 35.4 Å². The number of carbonyl (C=O) groups is 3. The van der Waals surface area contributed by atoms with E-state index < -0.39 is 18.4 Å². The van der Waals surface area contributed by atoms with E-state index in [1.54, 1.807) is 12.1 Å². The van der Waals surface area contributed by atoms with Gasteiger partial charge in [-0.3, -0.25) is 14.4 Å². The number of carbonyl (C=O) groups excluding carboxylic acids is 2. The number of nitrogens with one attached hydrogen (secondary N) is 2. The molecule has 6 nitrogen and oxygen atoms in total. The molecule has 0 heterocycles. The molecule has 3 N–H and O–H groups in total. The smallest absolute Gasteiger partial charge is 0.322 e. The van der Waals surface area contributed by atoms with Gasteiger partial charge in [-0.25, -0.2) is 0 Å². The van der Waals surface area contributed by atoms with Gasteiger partial charge in [0, 0.05) is 17.7 Å². The fraction of sp³-hybridized carbons (Fsp3) is 0.308. The average molecular weight is 264 g/mol. The molecule has 0 unspecified atom stereocenters. The quantitative estimate of drug-likeness (QED) is 0.702. The molecule has 102 valence electrons. The van der Waals surface area contributed by atoms with Crippen LogP contribution in [-0.4, -0.2) is 36.0 Å². The summed E-state index contributed by atoms with van der Waals surface area (Å²) in [6.45, 7) is 2.05. The van der Waals surface area contributed by atoms with Gasteiger partial charge in [-0.2, -0.15) is 0 Å². The molecule has 1 aromatic carbocycles. The molecular formula is C13H16N2O4. The fourth-order valence-electron chi connectivity index (χ4n) is 1.40. The van der Waals surface area contributed by atoms with Crippen LogP contribution in [0.25, 0.3) is 0 Å². The third-order valence-electron chi connectivity index (χ3n) is 2.32. The Bertz CT molecular complexity index is 485. The van der Waals surface area contributed by atoms with Crippen LogP contribution in [0.15, 0.2) is 24.3 Å². The van der Waals surface area contributed by atoms with Crippen molar-refractivity contribution >= 4 is 17.8 Å². The van der Waals surface area contributed by atoms with Gasteiger partial charge in [0.25, 0.3) is 11.8 Å². The van der Waals surface area contributed by atoms with E-state index in [2.05, 4.69) is 10.6 Å². The van der Waals surface area contributed by atoms with Gasteiger partial charge >= 0.3 is 5.97 Å². The Morgan fingerprint density at radius 1 is 1.11 bits per heavy atom. The Morgan fingerprint density at radius 3 is 2.21 bits per heavy atom. The number of amides is 2. The maximum Gasteiger partial charge on any atom is 0.322 e. The van der Waals surface area contributed by atoms with Gasteiger partial charge in [0.15, 0.2) is 0 Å². The van der Waals surface area contributed by atoms with E-state index in [4.69, 9.17) is 5.11 Å². The van der Waals surface area contributed by atoms with Crippen LogP contribution in [0.1, 0.15) is 34.1 Å². The van der Waals surface area contributed by atoms with Gasteiger partial charge in [-0.15, -0.1) is 0 Å². The lowest BCUT2D eigenvalue weighted by Crippen LogP contribution is -2.29. The highest BCUT2D eigenvalue weighted by Gasteiger charge is 2.10. The molecule has 6 heteroatoms. The van der Waals surface area contributed by atoms with E-state index in [1.165, 1.54) is 12.1 Å². The van der Waals surface area contributed by atoms with Gasteiger partial charge in [-0.1, -0.05) is 13.0 Å². The van der Waals surface area contributed by atoms with Crippen molar-refractivity contribution in [2.24, 2.45) is 0 Å². The van der Waals surface area contributed by atoms with E-state index >= 15 is 0 Å². The minimum Gasteiger partial charge on any atom is -0.480 e. The highest BCUT2D eigenvalue weighted by molar-refractivity contribution is 6.00. The second-order valence-corrected chi connectivity index (χ2v) is 3.91. The third kappa shape index (κ3) is 4.79. The van der Waals surface area contributed by atoms with Crippen molar-refractivity contribution in [2.75, 3.05) is 13.1 Å². The van der Waals surface area contributed by atoms with Crippen molar-refractivity contribution in [2.45, 2.75) is 13.3 Å². The third-order valence-corrected chi connectivity index (χ3v) is 2.32. The zero-order chi connectivity index (χ0) is 14.3. The Morgan fingerprint density at radius 2 is 1.68 bits per heavy atom. The number of carboxylic acids is 1. The molecule has 0 aliphatic rings. The summed E-state index contributed by atoms with van der Waals surface area (Å²) in [7, 11) is 0. The molecule has 0 aliphatic carbocycles. The van der Waals surface area contributed by atoms with Crippen LogP contribution < -0.4 is 10.6 Å². The first-order chi connectivity index (χ1) is 9.04. The molecule has 0 saturated heterocycles. The summed E-state index contributed by atoms with van der Waals surface area (Å²) in [4.78, 5) is 33.7. The van der Waals surface area contributed by atoms with E-state index in [-0.39, 0.29) is 11.5 Å². The lowest BCUT2D eigenvalue weighted by Gasteiger charge is -2.06. The van der Waals surface area contributed by atoms with Gasteiger partial charge in [0.05, 0.1) is 0 Å². The molecule has 0 radical (unpaired) electrons. The molecule has 0 aromatic heterocycles. The second-order valence-electron chi connectivity index (χ2n) is 3.91. The summed E-state index contributed by atoms with van der Waals surface area (Å²) >= 11 is 0. The SMILES string of the molecule is CCCNC(=O)c1cccc(C(=O)NCC(=O)O)c1. The van der Waals surface area contributed by atoms with Gasteiger partial charge in [0.1, 0.15) is 6.54 Å². The molecule has 0 saturated carbocycles. The van der Waals surface area contributed by atoms with E-state index in [9.17, 15) is 14.4 Å². The van der Waals surface area contributed by atoms with Crippen molar-refractivity contribution < 1.29 is 19.5 Å². The molecule has 0 spiro atoms. The molecule has 0 bridgehead atoms. The van der Waals surface area contributed by atoms with Gasteiger partial charge in [0.2, 0.25) is 0 Å².